The van der Waals surface area contributed by atoms with Crippen molar-refractivity contribution in [1.82, 2.24) is 24.9 Å². The molecule has 0 aliphatic heterocycles. The second-order valence-corrected chi connectivity index (χ2v) is 9.47. The average Bonchev–Trinajstić information content (AvgIpc) is 3.48. The van der Waals surface area contributed by atoms with Gasteiger partial charge in [0.15, 0.2) is 9.90 Å². The van der Waals surface area contributed by atoms with Crippen LogP contribution in [0.25, 0.3) is 0 Å². The number of carbonyl (C=O) groups excluding carboxylic acids is 1. The van der Waals surface area contributed by atoms with Gasteiger partial charge in [0.1, 0.15) is 11.6 Å². The number of allylic oxidation sites excluding steroid dienone is 1. The first kappa shape index (κ1) is 23.1. The largest absolute Gasteiger partial charge is 0.361 e. The van der Waals surface area contributed by atoms with Crippen LogP contribution in [-0.2, 0) is 18.7 Å². The molecule has 4 aromatic rings. The molecule has 0 atom stereocenters. The Morgan fingerprint density at radius 2 is 2.21 bits per heavy atom. The normalized spacial score (nSPS) is 11.0. The van der Waals surface area contributed by atoms with Gasteiger partial charge in [-0.2, -0.15) is 5.10 Å². The summed E-state index contributed by atoms with van der Waals surface area (Å²) < 4.78 is 7.65. The number of anilines is 1. The van der Waals surface area contributed by atoms with Gasteiger partial charge in [-0.25, -0.2) is 4.98 Å². The maximum absolute atomic E-state index is 13.0. The quantitative estimate of drug-likeness (QED) is 0.183. The molecule has 0 unspecified atom stereocenters. The zero-order chi connectivity index (χ0) is 23.4. The van der Waals surface area contributed by atoms with Crippen LogP contribution in [0.5, 0.6) is 0 Å². The van der Waals surface area contributed by atoms with E-state index in [0.29, 0.717) is 34.2 Å². The molecule has 2 N–H and O–H groups in total. The zero-order valence-corrected chi connectivity index (χ0v) is 20.6. The van der Waals surface area contributed by atoms with E-state index in [1.54, 1.807) is 17.8 Å². The molecule has 0 aliphatic rings. The molecule has 170 valence electrons. The van der Waals surface area contributed by atoms with Crippen molar-refractivity contribution in [2.75, 3.05) is 5.32 Å². The number of amides is 1. The molecule has 11 heteroatoms. The number of aromatic amines is 1. The van der Waals surface area contributed by atoms with Crippen LogP contribution in [0.15, 0.2) is 51.7 Å². The van der Waals surface area contributed by atoms with Gasteiger partial charge in [-0.1, -0.05) is 23.4 Å². The van der Waals surface area contributed by atoms with Crippen molar-refractivity contribution < 1.29 is 9.32 Å². The summed E-state index contributed by atoms with van der Waals surface area (Å²) in [4.78, 5) is 18.4. The van der Waals surface area contributed by atoms with Crippen LogP contribution in [0.1, 0.15) is 38.9 Å². The molecule has 1 aromatic carbocycles. The van der Waals surface area contributed by atoms with Crippen LogP contribution < -0.4 is 5.32 Å². The van der Waals surface area contributed by atoms with Crippen molar-refractivity contribution in [2.45, 2.75) is 37.5 Å². The zero-order valence-electron chi connectivity index (χ0n) is 18.1. The van der Waals surface area contributed by atoms with Gasteiger partial charge in [0, 0.05) is 28.1 Å². The number of rotatable bonds is 9. The monoisotopic (exact) mass is 498 g/mol. The number of benzene rings is 1. The molecule has 3 heterocycles. The predicted octanol–water partition coefficient (Wildman–Crippen LogP) is 5.32. The number of H-pyrrole nitrogens is 1. The van der Waals surface area contributed by atoms with Crippen molar-refractivity contribution in [3.63, 3.8) is 0 Å². The third kappa shape index (κ3) is 5.32. The molecule has 0 spiro atoms. The second-order valence-electron chi connectivity index (χ2n) is 7.21. The molecule has 0 saturated carbocycles. The Labute approximate surface area is 204 Å². The molecule has 0 bridgehead atoms. The molecular formula is C22H22N6O2S3. The minimum atomic E-state index is -0.202. The summed E-state index contributed by atoms with van der Waals surface area (Å²) in [6, 6.07) is 7.52. The first-order valence-corrected chi connectivity index (χ1v) is 12.4. The summed E-state index contributed by atoms with van der Waals surface area (Å²) in [6.07, 6.45) is 2.26. The van der Waals surface area contributed by atoms with E-state index in [0.717, 1.165) is 33.4 Å². The summed E-state index contributed by atoms with van der Waals surface area (Å²) in [5, 5.41) is 16.4. The third-order valence-corrected chi connectivity index (χ3v) is 7.16. The number of hydrogen-bond donors (Lipinski definition) is 2. The number of hydrogen-bond acceptors (Lipinski definition) is 8. The molecule has 4 rings (SSSR count). The highest BCUT2D eigenvalue weighted by Crippen LogP contribution is 2.29. The Balaban J connectivity index is 1.45. The average molecular weight is 499 g/mol. The molecule has 0 saturated heterocycles. The Morgan fingerprint density at radius 3 is 2.97 bits per heavy atom. The Morgan fingerprint density at radius 1 is 1.39 bits per heavy atom. The molecule has 1 amide bonds. The maximum atomic E-state index is 13.0. The minimum Gasteiger partial charge on any atom is -0.361 e. The number of aryl methyl sites for hydroxylation is 2. The number of nitrogens with zero attached hydrogens (tertiary/aromatic N) is 4. The lowest BCUT2D eigenvalue weighted by Gasteiger charge is -2.08. The van der Waals surface area contributed by atoms with Crippen LogP contribution in [-0.4, -0.2) is 30.8 Å². The highest BCUT2D eigenvalue weighted by Gasteiger charge is 2.16. The van der Waals surface area contributed by atoms with Gasteiger partial charge in [0.2, 0.25) is 0 Å². The van der Waals surface area contributed by atoms with E-state index in [2.05, 4.69) is 32.2 Å². The maximum Gasteiger partial charge on any atom is 0.258 e. The van der Waals surface area contributed by atoms with Crippen LogP contribution in [0, 0.1) is 18.6 Å². The molecule has 8 nitrogen and oxygen atoms in total. The van der Waals surface area contributed by atoms with Crippen LogP contribution in [0.2, 0.25) is 0 Å². The number of thioether (sulfide) groups is 1. The van der Waals surface area contributed by atoms with Crippen molar-refractivity contribution in [3.05, 3.63) is 81.2 Å². The van der Waals surface area contributed by atoms with Crippen molar-refractivity contribution in [1.29, 1.82) is 0 Å². The van der Waals surface area contributed by atoms with Gasteiger partial charge in [-0.15, -0.1) is 29.7 Å². The molecule has 0 aliphatic carbocycles. The molecular weight excluding hydrogens is 476 g/mol. The lowest BCUT2D eigenvalue weighted by atomic mass is 10.2. The summed E-state index contributed by atoms with van der Waals surface area (Å²) >= 11 is 8.21. The van der Waals surface area contributed by atoms with E-state index in [1.807, 2.05) is 48.1 Å². The molecule has 3 aromatic heterocycles. The van der Waals surface area contributed by atoms with Gasteiger partial charge in [-0.05, 0) is 38.2 Å². The summed E-state index contributed by atoms with van der Waals surface area (Å²) in [7, 11) is 0. The second kappa shape index (κ2) is 10.3. The van der Waals surface area contributed by atoms with E-state index >= 15 is 0 Å². The van der Waals surface area contributed by atoms with Crippen LogP contribution in [0.4, 0.5) is 5.13 Å². The summed E-state index contributed by atoms with van der Waals surface area (Å²) in [5.74, 6) is 2.04. The Hall–Kier alpha value is -3.02. The fourth-order valence-electron chi connectivity index (χ4n) is 3.21. The van der Waals surface area contributed by atoms with Crippen molar-refractivity contribution in [2.24, 2.45) is 0 Å². The minimum absolute atomic E-state index is 0.202. The lowest BCUT2D eigenvalue weighted by Crippen LogP contribution is -2.13. The third-order valence-electron chi connectivity index (χ3n) is 4.95. The Kier molecular flexibility index (Phi) is 7.21. The highest BCUT2D eigenvalue weighted by molar-refractivity contribution is 7.98. The SMILES string of the molecule is C=CCn1c(Cc2csc(NC(=O)c3ccccc3SCc3c(C)noc3C)n2)n[nH]c1=S. The molecule has 0 fully saturated rings. The summed E-state index contributed by atoms with van der Waals surface area (Å²) in [6.45, 7) is 8.14. The Bertz CT molecular complexity index is 1330. The number of nitrogens with one attached hydrogen (secondary N) is 2. The summed E-state index contributed by atoms with van der Waals surface area (Å²) in [5.41, 5.74) is 3.31. The molecule has 33 heavy (non-hydrogen) atoms. The fourth-order valence-corrected chi connectivity index (χ4v) is 5.35. The van der Waals surface area contributed by atoms with E-state index in [-0.39, 0.29) is 5.91 Å². The van der Waals surface area contributed by atoms with Gasteiger partial charge in [-0.3, -0.25) is 19.8 Å². The van der Waals surface area contributed by atoms with E-state index < -0.39 is 0 Å². The van der Waals surface area contributed by atoms with Gasteiger partial charge in [0.25, 0.3) is 5.91 Å². The van der Waals surface area contributed by atoms with Crippen LogP contribution >= 0.6 is 35.3 Å². The number of thiazole rings is 1. The molecule has 0 radical (unpaired) electrons. The van der Waals surface area contributed by atoms with E-state index in [9.17, 15) is 4.79 Å². The van der Waals surface area contributed by atoms with Crippen molar-refractivity contribution in [3.8, 4) is 0 Å². The van der Waals surface area contributed by atoms with Crippen LogP contribution in [0.3, 0.4) is 0 Å². The van der Waals surface area contributed by atoms with Crippen molar-refractivity contribution >= 4 is 46.4 Å². The standard InChI is InChI=1S/C22H22N6O2S3/c1-4-9-28-19(25-26-22(28)31)10-15-11-33-21(23-15)24-20(29)16-7-5-6-8-18(16)32-12-17-13(2)27-30-14(17)3/h4-8,11H,1,9-10,12H2,2-3H3,(H,26,31)(H,23,24,29). The highest BCUT2D eigenvalue weighted by atomic mass is 32.2. The topological polar surface area (TPSA) is 102 Å². The number of carbonyl (C=O) groups is 1. The number of aromatic nitrogens is 5. The van der Waals surface area contributed by atoms with Gasteiger partial charge >= 0.3 is 0 Å². The fraction of sp³-hybridized carbons (Fsp3) is 0.227. The van der Waals surface area contributed by atoms with Gasteiger partial charge < -0.3 is 4.52 Å². The first-order chi connectivity index (χ1) is 16.0. The first-order valence-electron chi connectivity index (χ1n) is 10.1. The predicted molar refractivity (Wildman–Crippen MR) is 132 cm³/mol. The lowest BCUT2D eigenvalue weighted by molar-refractivity contribution is 0.102. The van der Waals surface area contributed by atoms with Gasteiger partial charge in [0.05, 0.1) is 23.4 Å². The van der Waals surface area contributed by atoms with E-state index in [4.69, 9.17) is 16.7 Å². The van der Waals surface area contributed by atoms with E-state index in [1.165, 1.54) is 11.3 Å². The smallest absolute Gasteiger partial charge is 0.258 e.